The number of hydrogen-bond acceptors (Lipinski definition) is 3. The first-order valence-corrected chi connectivity index (χ1v) is 4.10. The normalized spacial score (nSPS) is 10.4. The summed E-state index contributed by atoms with van der Waals surface area (Å²) >= 11 is 0. The molecule has 1 aromatic carbocycles. The number of aromatic carboxylic acids is 1. The van der Waals surface area contributed by atoms with E-state index in [0.717, 1.165) is 4.57 Å². The molecule has 0 atom stereocenters. The summed E-state index contributed by atoms with van der Waals surface area (Å²) in [6.07, 6.45) is 1.26. The van der Waals surface area contributed by atoms with Crippen LogP contribution < -0.4 is 5.73 Å². The maximum Gasteiger partial charge on any atom is 0.335 e. The molecule has 0 saturated carbocycles. The Balaban J connectivity index is 2.72. The first-order chi connectivity index (χ1) is 7.09. The second-order valence-electron chi connectivity index (χ2n) is 2.96. The molecule has 76 valence electrons. The van der Waals surface area contributed by atoms with Crippen LogP contribution in [0.2, 0.25) is 0 Å². The molecule has 1 heterocycles. The highest BCUT2D eigenvalue weighted by Gasteiger charge is 2.09. The molecule has 0 saturated heterocycles. The number of hydrogen-bond donors (Lipinski definition) is 2. The number of aromatic nitrogens is 2. The van der Waals surface area contributed by atoms with Gasteiger partial charge in [-0.1, -0.05) is 0 Å². The first-order valence-electron chi connectivity index (χ1n) is 4.10. The lowest BCUT2D eigenvalue weighted by molar-refractivity contribution is 0.0697. The maximum atomic E-state index is 11.0. The Bertz CT molecular complexity index is 559. The summed E-state index contributed by atoms with van der Waals surface area (Å²) in [5.41, 5.74) is 6.09. The predicted molar refractivity (Wildman–Crippen MR) is 51.7 cm³/mol. The zero-order valence-corrected chi connectivity index (χ0v) is 7.54. The molecule has 2 rings (SSSR count). The Morgan fingerprint density at radius 2 is 2.13 bits per heavy atom. The number of carbonyl (C=O) groups excluding carboxylic acids is 1. The number of imidazole rings is 1. The summed E-state index contributed by atoms with van der Waals surface area (Å²) in [6, 6.07) is 3.61. The van der Waals surface area contributed by atoms with Gasteiger partial charge >= 0.3 is 12.0 Å². The van der Waals surface area contributed by atoms with Gasteiger partial charge in [-0.05, 0) is 18.2 Å². The molecule has 0 aliphatic rings. The van der Waals surface area contributed by atoms with E-state index in [1.807, 2.05) is 0 Å². The molecule has 0 aliphatic carbocycles. The van der Waals surface area contributed by atoms with Crippen molar-refractivity contribution in [2.75, 3.05) is 0 Å². The largest absolute Gasteiger partial charge is 0.478 e. The van der Waals surface area contributed by atoms with E-state index in [1.165, 1.54) is 24.5 Å². The summed E-state index contributed by atoms with van der Waals surface area (Å²) in [6.45, 7) is 0. The van der Waals surface area contributed by atoms with Gasteiger partial charge in [0.25, 0.3) is 0 Å². The van der Waals surface area contributed by atoms with E-state index in [9.17, 15) is 9.59 Å². The quantitative estimate of drug-likeness (QED) is 0.714. The molecule has 0 spiro atoms. The fourth-order valence-electron chi connectivity index (χ4n) is 1.32. The topological polar surface area (TPSA) is 98.2 Å². The number of nitrogens with two attached hydrogens (primary N) is 1. The van der Waals surface area contributed by atoms with Crippen LogP contribution in [0.25, 0.3) is 11.0 Å². The zero-order chi connectivity index (χ0) is 11.0. The summed E-state index contributed by atoms with van der Waals surface area (Å²) in [5, 5.41) is 8.77. The third-order valence-corrected chi connectivity index (χ3v) is 2.03. The van der Waals surface area contributed by atoms with E-state index >= 15 is 0 Å². The molecule has 1 aromatic heterocycles. The van der Waals surface area contributed by atoms with Crippen LogP contribution >= 0.6 is 0 Å². The molecule has 6 nitrogen and oxygen atoms in total. The molecule has 6 heteroatoms. The van der Waals surface area contributed by atoms with Crippen molar-refractivity contribution in [3.8, 4) is 0 Å². The van der Waals surface area contributed by atoms with Crippen LogP contribution in [-0.2, 0) is 0 Å². The molecular weight excluding hydrogens is 198 g/mol. The molecule has 0 fully saturated rings. The second kappa shape index (κ2) is 3.09. The lowest BCUT2D eigenvalue weighted by atomic mass is 10.2. The summed E-state index contributed by atoms with van der Waals surface area (Å²) in [7, 11) is 0. The molecule has 0 bridgehead atoms. The van der Waals surface area contributed by atoms with Gasteiger partial charge in [-0.15, -0.1) is 0 Å². The van der Waals surface area contributed by atoms with Gasteiger partial charge in [0, 0.05) is 0 Å². The van der Waals surface area contributed by atoms with Crippen molar-refractivity contribution in [3.05, 3.63) is 30.1 Å². The van der Waals surface area contributed by atoms with E-state index in [4.69, 9.17) is 10.8 Å². The van der Waals surface area contributed by atoms with E-state index in [0.29, 0.717) is 11.0 Å². The van der Waals surface area contributed by atoms with Crippen molar-refractivity contribution in [2.24, 2.45) is 5.73 Å². The van der Waals surface area contributed by atoms with Crippen LogP contribution in [0.15, 0.2) is 24.5 Å². The smallest absolute Gasteiger partial charge is 0.335 e. The van der Waals surface area contributed by atoms with Crippen LogP contribution in [-0.4, -0.2) is 26.7 Å². The van der Waals surface area contributed by atoms with Gasteiger partial charge in [0.05, 0.1) is 16.6 Å². The van der Waals surface area contributed by atoms with Crippen LogP contribution in [0.3, 0.4) is 0 Å². The Morgan fingerprint density at radius 1 is 1.40 bits per heavy atom. The molecule has 2 aromatic rings. The number of primary amides is 1. The van der Waals surface area contributed by atoms with Crippen LogP contribution in [0.4, 0.5) is 4.79 Å². The Hall–Kier alpha value is -2.37. The molecule has 0 aliphatic heterocycles. The van der Waals surface area contributed by atoms with E-state index < -0.39 is 12.0 Å². The van der Waals surface area contributed by atoms with Crippen LogP contribution in [0.1, 0.15) is 10.4 Å². The Morgan fingerprint density at radius 3 is 2.73 bits per heavy atom. The number of rotatable bonds is 1. The SMILES string of the molecule is NC(=O)n1cnc2ccc(C(=O)O)cc21. The van der Waals surface area contributed by atoms with E-state index in [1.54, 1.807) is 0 Å². The predicted octanol–water partition coefficient (Wildman–Crippen LogP) is 0.661. The average molecular weight is 205 g/mol. The molecule has 3 N–H and O–H groups in total. The molecule has 0 radical (unpaired) electrons. The summed E-state index contributed by atoms with van der Waals surface area (Å²) in [4.78, 5) is 25.6. The molecular formula is C9H7N3O3. The Kier molecular flexibility index (Phi) is 1.89. The molecule has 15 heavy (non-hydrogen) atoms. The van der Waals surface area contributed by atoms with Crippen molar-refractivity contribution in [1.29, 1.82) is 0 Å². The average Bonchev–Trinajstić information content (AvgIpc) is 2.59. The highest BCUT2D eigenvalue weighted by molar-refractivity contribution is 5.95. The minimum atomic E-state index is -1.06. The number of fused-ring (bicyclic) bond motifs is 1. The van der Waals surface area contributed by atoms with Crippen LogP contribution in [0.5, 0.6) is 0 Å². The lowest BCUT2D eigenvalue weighted by Gasteiger charge is -1.98. The van der Waals surface area contributed by atoms with Gasteiger partial charge in [-0.3, -0.25) is 4.57 Å². The van der Waals surface area contributed by atoms with Crippen molar-refractivity contribution in [2.45, 2.75) is 0 Å². The van der Waals surface area contributed by atoms with E-state index in [2.05, 4.69) is 4.98 Å². The van der Waals surface area contributed by atoms with Crippen molar-refractivity contribution >= 4 is 23.0 Å². The van der Waals surface area contributed by atoms with Crippen molar-refractivity contribution in [3.63, 3.8) is 0 Å². The standard InChI is InChI=1S/C9H7N3O3/c10-9(15)12-4-11-6-2-1-5(8(13)14)3-7(6)12/h1-4H,(H2,10,15)(H,13,14). The first kappa shape index (κ1) is 9.20. The van der Waals surface area contributed by atoms with Gasteiger partial charge in [-0.25, -0.2) is 14.6 Å². The minimum Gasteiger partial charge on any atom is -0.478 e. The lowest BCUT2D eigenvalue weighted by Crippen LogP contribution is -2.18. The summed E-state index contributed by atoms with van der Waals surface area (Å²) < 4.78 is 1.10. The highest BCUT2D eigenvalue weighted by Crippen LogP contribution is 2.14. The minimum absolute atomic E-state index is 0.0884. The van der Waals surface area contributed by atoms with Crippen molar-refractivity contribution in [1.82, 2.24) is 9.55 Å². The van der Waals surface area contributed by atoms with Crippen LogP contribution in [0, 0.1) is 0 Å². The van der Waals surface area contributed by atoms with Gasteiger partial charge < -0.3 is 10.8 Å². The maximum absolute atomic E-state index is 11.0. The third-order valence-electron chi connectivity index (χ3n) is 2.03. The fraction of sp³-hybridized carbons (Fsp3) is 0. The highest BCUT2D eigenvalue weighted by atomic mass is 16.4. The second-order valence-corrected chi connectivity index (χ2v) is 2.96. The number of carboxylic acid groups (broad SMARTS) is 1. The molecule has 1 amide bonds. The number of benzene rings is 1. The van der Waals surface area contributed by atoms with Gasteiger partial charge in [0.1, 0.15) is 6.33 Å². The summed E-state index contributed by atoms with van der Waals surface area (Å²) in [5.74, 6) is -1.06. The number of carboxylic acids is 1. The van der Waals surface area contributed by atoms with Gasteiger partial charge in [0.2, 0.25) is 0 Å². The van der Waals surface area contributed by atoms with Gasteiger partial charge in [-0.2, -0.15) is 0 Å². The van der Waals surface area contributed by atoms with Gasteiger partial charge in [0.15, 0.2) is 0 Å². The number of amides is 1. The number of carbonyl (C=O) groups is 2. The van der Waals surface area contributed by atoms with E-state index in [-0.39, 0.29) is 5.56 Å². The third kappa shape index (κ3) is 1.41. The molecule has 0 unspecified atom stereocenters. The van der Waals surface area contributed by atoms with Crippen molar-refractivity contribution < 1.29 is 14.7 Å². The Labute approximate surface area is 83.9 Å². The zero-order valence-electron chi connectivity index (χ0n) is 7.54. The fourth-order valence-corrected chi connectivity index (χ4v) is 1.32. The monoisotopic (exact) mass is 205 g/mol. The number of nitrogens with zero attached hydrogens (tertiary/aromatic N) is 2.